The Kier molecular flexibility index (Phi) is 6.15. The summed E-state index contributed by atoms with van der Waals surface area (Å²) in [7, 11) is 0. The zero-order valence-corrected chi connectivity index (χ0v) is 18.2. The van der Waals surface area contributed by atoms with E-state index in [0.29, 0.717) is 17.7 Å². The Hall–Kier alpha value is -3.22. The fraction of sp³-hybridized carbons (Fsp3) is 0.417. The summed E-state index contributed by atoms with van der Waals surface area (Å²) in [5.41, 5.74) is 0.00147. The molecule has 0 fully saturated rings. The van der Waals surface area contributed by atoms with Gasteiger partial charge in [0, 0.05) is 29.5 Å². The molecule has 3 rings (SSSR count). The van der Waals surface area contributed by atoms with Crippen molar-refractivity contribution >= 4 is 23.5 Å². The van der Waals surface area contributed by atoms with E-state index < -0.39 is 29.4 Å². The Labute approximate surface area is 181 Å². The summed E-state index contributed by atoms with van der Waals surface area (Å²) in [6.07, 6.45) is 11.1. The summed E-state index contributed by atoms with van der Waals surface area (Å²) in [5.74, 6) is -2.61. The first-order chi connectivity index (χ1) is 14.7. The highest BCUT2D eigenvalue weighted by Gasteiger charge is 2.54. The number of fused-ring (bicyclic) bond motifs is 2. The monoisotopic (exact) mass is 425 g/mol. The fourth-order valence-corrected chi connectivity index (χ4v) is 4.02. The first-order valence-corrected chi connectivity index (χ1v) is 10.5. The molecule has 0 spiro atoms. The van der Waals surface area contributed by atoms with Crippen molar-refractivity contribution < 1.29 is 29.0 Å². The average molecular weight is 425 g/mol. The van der Waals surface area contributed by atoms with Crippen molar-refractivity contribution in [3.63, 3.8) is 0 Å². The third-order valence-corrected chi connectivity index (χ3v) is 5.84. The molecular weight excluding hydrogens is 398 g/mol. The van der Waals surface area contributed by atoms with Gasteiger partial charge in [-0.2, -0.15) is 0 Å². The van der Waals surface area contributed by atoms with E-state index in [1.54, 1.807) is 31.2 Å². The molecule has 2 heterocycles. The molecule has 0 saturated carbocycles. The van der Waals surface area contributed by atoms with Crippen LogP contribution in [0.1, 0.15) is 53.4 Å². The predicted molar refractivity (Wildman–Crippen MR) is 114 cm³/mol. The van der Waals surface area contributed by atoms with Gasteiger partial charge in [0.2, 0.25) is 5.78 Å². The van der Waals surface area contributed by atoms with Gasteiger partial charge >= 0.3 is 11.9 Å². The molecule has 0 radical (unpaired) electrons. The number of unbranched alkanes of at least 4 members (excludes halogenated alkanes) is 2. The van der Waals surface area contributed by atoms with Gasteiger partial charge in [-0.25, -0.2) is 9.59 Å². The van der Waals surface area contributed by atoms with Gasteiger partial charge in [0.1, 0.15) is 11.6 Å². The highest BCUT2D eigenvalue weighted by Crippen LogP contribution is 2.44. The van der Waals surface area contributed by atoms with Crippen LogP contribution in [0.4, 0.5) is 0 Å². The minimum absolute atomic E-state index is 0.0548. The van der Waals surface area contributed by atoms with Gasteiger partial charge in [-0.15, -0.1) is 0 Å². The second-order valence-corrected chi connectivity index (χ2v) is 8.05. The fourth-order valence-electron chi connectivity index (χ4n) is 4.02. The largest absolute Gasteiger partial charge is 0.480 e. The normalized spacial score (nSPS) is 23.7. The Bertz CT molecular complexity index is 1010. The van der Waals surface area contributed by atoms with Gasteiger partial charge in [-0.1, -0.05) is 25.8 Å². The summed E-state index contributed by atoms with van der Waals surface area (Å²) in [6, 6.07) is -0.907. The lowest BCUT2D eigenvalue weighted by molar-refractivity contribution is -0.153. The summed E-state index contributed by atoms with van der Waals surface area (Å²) in [4.78, 5) is 51.8. The Morgan fingerprint density at radius 1 is 1.26 bits per heavy atom. The number of carbonyl (C=O) groups excluding carboxylic acids is 3. The van der Waals surface area contributed by atoms with Crippen LogP contribution in [-0.2, 0) is 23.9 Å². The number of nitrogens with zero attached hydrogens (tertiary/aromatic N) is 1. The molecule has 0 saturated heterocycles. The van der Waals surface area contributed by atoms with Crippen molar-refractivity contribution in [2.24, 2.45) is 0 Å². The first kappa shape index (κ1) is 22.5. The maximum atomic E-state index is 13.4. The molecule has 7 heteroatoms. The third kappa shape index (κ3) is 3.80. The predicted octanol–water partition coefficient (Wildman–Crippen LogP) is 3.39. The van der Waals surface area contributed by atoms with Crippen LogP contribution >= 0.6 is 0 Å². The number of allylic oxidation sites excluding steroid dienone is 4. The van der Waals surface area contributed by atoms with Gasteiger partial charge in [0.05, 0.1) is 0 Å². The zero-order valence-electron chi connectivity index (χ0n) is 18.2. The van der Waals surface area contributed by atoms with Gasteiger partial charge in [-0.05, 0) is 51.0 Å². The average Bonchev–Trinajstić information content (AvgIpc) is 2.98. The van der Waals surface area contributed by atoms with Crippen molar-refractivity contribution in [3.8, 4) is 0 Å². The number of ether oxygens (including phenoxy) is 1. The van der Waals surface area contributed by atoms with E-state index in [4.69, 9.17) is 4.74 Å². The van der Waals surface area contributed by atoms with E-state index in [1.807, 2.05) is 6.92 Å². The molecule has 2 atom stereocenters. The second kappa shape index (κ2) is 8.49. The topological polar surface area (TPSA) is 101 Å². The van der Waals surface area contributed by atoms with Crippen LogP contribution in [-0.4, -0.2) is 45.2 Å². The highest BCUT2D eigenvalue weighted by atomic mass is 16.6. The molecule has 1 aliphatic carbocycles. The number of Topliss-reactive ketones (excluding diaryl/α,β-unsaturated/α-hetero) is 2. The number of carbonyl (C=O) groups is 4. The second-order valence-electron chi connectivity index (χ2n) is 8.05. The number of hydrogen-bond acceptors (Lipinski definition) is 6. The number of esters is 1. The van der Waals surface area contributed by atoms with Crippen LogP contribution in [0.2, 0.25) is 0 Å². The van der Waals surface area contributed by atoms with Crippen LogP contribution in [0.5, 0.6) is 0 Å². The molecule has 0 aromatic heterocycles. The minimum atomic E-state index is -1.59. The molecule has 31 heavy (non-hydrogen) atoms. The van der Waals surface area contributed by atoms with Crippen LogP contribution in [0.25, 0.3) is 0 Å². The van der Waals surface area contributed by atoms with E-state index >= 15 is 0 Å². The number of carboxylic acids is 1. The van der Waals surface area contributed by atoms with Gasteiger partial charge in [-0.3, -0.25) is 9.59 Å². The SMILES string of the molecule is CC=CC1=CC2=CC3=C(C(=O)CCCCC)C(=O)OC3(C)C(=O)C2=CN1C(C)C(=O)O. The minimum Gasteiger partial charge on any atom is -0.480 e. The summed E-state index contributed by atoms with van der Waals surface area (Å²) >= 11 is 0. The lowest BCUT2D eigenvalue weighted by atomic mass is 9.76. The van der Waals surface area contributed by atoms with Gasteiger partial charge in [0.25, 0.3) is 0 Å². The van der Waals surface area contributed by atoms with Crippen molar-refractivity contribution in [2.75, 3.05) is 0 Å². The molecule has 3 aliphatic rings. The number of ketones is 2. The smallest absolute Gasteiger partial charge is 0.343 e. The van der Waals surface area contributed by atoms with Crippen molar-refractivity contribution in [2.45, 2.75) is 65.0 Å². The Morgan fingerprint density at radius 3 is 2.58 bits per heavy atom. The van der Waals surface area contributed by atoms with Crippen molar-refractivity contribution in [3.05, 3.63) is 58.5 Å². The Balaban J connectivity index is 2.12. The zero-order chi connectivity index (χ0) is 22.9. The molecule has 2 unspecified atom stereocenters. The van der Waals surface area contributed by atoms with E-state index in [2.05, 4.69) is 0 Å². The standard InChI is InChI=1S/C24H27NO6/c1-5-7-8-10-19(26)20-18-12-15-11-16(9-6-2)25(14(3)22(28)29)13-17(15)21(27)24(18,4)31-23(20)30/h6,9,11-14H,5,7-8,10H2,1-4H3,(H,28,29). The third-order valence-electron chi connectivity index (χ3n) is 5.84. The van der Waals surface area contributed by atoms with E-state index in [9.17, 15) is 24.3 Å². The first-order valence-electron chi connectivity index (χ1n) is 10.5. The van der Waals surface area contributed by atoms with Crippen LogP contribution in [0, 0.1) is 0 Å². The number of aliphatic carboxylic acids is 1. The maximum Gasteiger partial charge on any atom is 0.343 e. The molecule has 2 aliphatic heterocycles. The number of rotatable bonds is 8. The Morgan fingerprint density at radius 2 is 1.97 bits per heavy atom. The number of hydrogen-bond donors (Lipinski definition) is 1. The quantitative estimate of drug-likeness (QED) is 0.361. The highest BCUT2D eigenvalue weighted by molar-refractivity contribution is 6.25. The molecular formula is C24H27NO6. The lowest BCUT2D eigenvalue weighted by Gasteiger charge is -2.35. The van der Waals surface area contributed by atoms with Crippen LogP contribution in [0.15, 0.2) is 58.5 Å². The molecule has 0 amide bonds. The van der Waals surface area contributed by atoms with Crippen molar-refractivity contribution in [1.82, 2.24) is 4.90 Å². The van der Waals surface area contributed by atoms with Gasteiger partial charge in [0.15, 0.2) is 11.4 Å². The lowest BCUT2D eigenvalue weighted by Crippen LogP contribution is -2.44. The molecule has 164 valence electrons. The van der Waals surface area contributed by atoms with Crippen LogP contribution in [0.3, 0.4) is 0 Å². The summed E-state index contributed by atoms with van der Waals surface area (Å²) in [5, 5.41) is 9.47. The number of carboxylic acid groups (broad SMARTS) is 1. The molecule has 1 N–H and O–H groups in total. The van der Waals surface area contributed by atoms with E-state index in [1.165, 1.54) is 24.9 Å². The summed E-state index contributed by atoms with van der Waals surface area (Å²) in [6.45, 7) is 6.84. The molecule has 7 nitrogen and oxygen atoms in total. The van der Waals surface area contributed by atoms with E-state index in [-0.39, 0.29) is 28.9 Å². The molecule has 0 aromatic rings. The maximum absolute atomic E-state index is 13.4. The van der Waals surface area contributed by atoms with Gasteiger partial charge < -0.3 is 14.7 Å². The molecule has 0 bridgehead atoms. The van der Waals surface area contributed by atoms with Crippen molar-refractivity contribution in [1.29, 1.82) is 0 Å². The van der Waals surface area contributed by atoms with E-state index in [0.717, 1.165) is 12.8 Å². The summed E-state index contributed by atoms with van der Waals surface area (Å²) < 4.78 is 5.43. The molecule has 0 aromatic carbocycles. The van der Waals surface area contributed by atoms with Crippen LogP contribution < -0.4 is 0 Å².